The molecule has 1 aromatic carbocycles. The van der Waals surface area contributed by atoms with E-state index in [-0.39, 0.29) is 10.8 Å². The second-order valence-corrected chi connectivity index (χ2v) is 5.88. The van der Waals surface area contributed by atoms with Crippen molar-refractivity contribution in [2.75, 3.05) is 11.3 Å². The highest BCUT2D eigenvalue weighted by atomic mass is 35.5. The molecule has 0 saturated heterocycles. The number of alkyl halides is 1. The molecule has 1 heterocycles. The van der Waals surface area contributed by atoms with Crippen LogP contribution in [0.1, 0.15) is 12.5 Å². The minimum Gasteiger partial charge on any atom is -0.494 e. The van der Waals surface area contributed by atoms with Gasteiger partial charge >= 0.3 is 0 Å². The van der Waals surface area contributed by atoms with Gasteiger partial charge in [-0.25, -0.2) is 8.42 Å². The Bertz CT molecular complexity index is 671. The summed E-state index contributed by atoms with van der Waals surface area (Å²) in [6.07, 6.45) is 2.54. The van der Waals surface area contributed by atoms with Crippen molar-refractivity contribution in [3.05, 3.63) is 36.2 Å². The lowest BCUT2D eigenvalue weighted by atomic mass is 10.2. The second-order valence-electron chi connectivity index (χ2n) is 3.93. The number of sulfonamides is 1. The summed E-state index contributed by atoms with van der Waals surface area (Å²) in [6, 6.07) is 4.96. The molecule has 2 aromatic rings. The van der Waals surface area contributed by atoms with E-state index in [1.807, 2.05) is 6.92 Å². The van der Waals surface area contributed by atoms with Gasteiger partial charge in [0.1, 0.15) is 10.6 Å². The van der Waals surface area contributed by atoms with E-state index in [1.165, 1.54) is 12.4 Å². The van der Waals surface area contributed by atoms with Crippen molar-refractivity contribution in [3.63, 3.8) is 0 Å². The number of hydrogen-bond acceptors (Lipinski definition) is 4. The second kappa shape index (κ2) is 6.15. The van der Waals surface area contributed by atoms with Gasteiger partial charge in [0.15, 0.2) is 0 Å². The predicted molar refractivity (Wildman–Crippen MR) is 76.6 cm³/mol. The summed E-state index contributed by atoms with van der Waals surface area (Å²) < 4.78 is 31.9. The number of anilines is 1. The molecule has 0 unspecified atom stereocenters. The van der Waals surface area contributed by atoms with Crippen molar-refractivity contribution in [1.82, 2.24) is 10.2 Å². The highest BCUT2D eigenvalue weighted by Crippen LogP contribution is 2.26. The van der Waals surface area contributed by atoms with Crippen LogP contribution in [0.15, 0.2) is 35.5 Å². The van der Waals surface area contributed by atoms with E-state index in [9.17, 15) is 8.42 Å². The first-order chi connectivity index (χ1) is 9.56. The van der Waals surface area contributed by atoms with E-state index in [1.54, 1.807) is 18.2 Å². The smallest absolute Gasteiger partial charge is 0.265 e. The van der Waals surface area contributed by atoms with Crippen LogP contribution in [-0.2, 0) is 15.9 Å². The van der Waals surface area contributed by atoms with Crippen molar-refractivity contribution in [1.29, 1.82) is 0 Å². The summed E-state index contributed by atoms with van der Waals surface area (Å²) in [5.41, 5.74) is 1.14. The molecular weight excluding hydrogens is 302 g/mol. The van der Waals surface area contributed by atoms with Crippen molar-refractivity contribution >= 4 is 27.3 Å². The molecule has 0 aliphatic heterocycles. The molecule has 0 saturated carbocycles. The van der Waals surface area contributed by atoms with Crippen LogP contribution in [0.5, 0.6) is 5.75 Å². The summed E-state index contributed by atoms with van der Waals surface area (Å²) in [6.45, 7) is 2.39. The van der Waals surface area contributed by atoms with Gasteiger partial charge in [-0.3, -0.25) is 9.82 Å². The maximum Gasteiger partial charge on any atom is 0.265 e. The topological polar surface area (TPSA) is 84.1 Å². The number of ether oxygens (including phenoxy) is 1. The van der Waals surface area contributed by atoms with Crippen LogP contribution < -0.4 is 9.46 Å². The van der Waals surface area contributed by atoms with Crippen LogP contribution >= 0.6 is 11.6 Å². The number of nitrogens with one attached hydrogen (secondary N) is 2. The Labute approximate surface area is 122 Å². The van der Waals surface area contributed by atoms with Gasteiger partial charge in [-0.1, -0.05) is 0 Å². The van der Waals surface area contributed by atoms with Crippen LogP contribution in [0.4, 0.5) is 5.69 Å². The number of benzene rings is 1. The Kier molecular flexibility index (Phi) is 4.51. The first kappa shape index (κ1) is 14.7. The number of hydrogen-bond donors (Lipinski definition) is 2. The van der Waals surface area contributed by atoms with Gasteiger partial charge in [-0.05, 0) is 25.1 Å². The third-order valence-electron chi connectivity index (χ3n) is 2.54. The summed E-state index contributed by atoms with van der Waals surface area (Å²) in [7, 11) is -3.65. The lowest BCUT2D eigenvalue weighted by Crippen LogP contribution is -2.12. The van der Waals surface area contributed by atoms with Crippen LogP contribution in [0.25, 0.3) is 0 Å². The molecule has 0 bridgehead atoms. The third kappa shape index (κ3) is 3.23. The van der Waals surface area contributed by atoms with Crippen molar-refractivity contribution in [2.45, 2.75) is 17.7 Å². The molecule has 0 aliphatic rings. The molecule has 0 amide bonds. The van der Waals surface area contributed by atoms with Crippen molar-refractivity contribution < 1.29 is 13.2 Å². The highest BCUT2D eigenvalue weighted by molar-refractivity contribution is 7.92. The highest BCUT2D eigenvalue weighted by Gasteiger charge is 2.16. The maximum absolute atomic E-state index is 12.0. The molecule has 6 nitrogen and oxygen atoms in total. The SMILES string of the molecule is CCOc1ccc(NS(=O)(=O)c2cn[nH]c2)cc1CCl. The first-order valence-corrected chi connectivity index (χ1v) is 7.92. The van der Waals surface area contributed by atoms with Gasteiger partial charge in [-0.2, -0.15) is 5.10 Å². The number of rotatable bonds is 6. The zero-order valence-corrected chi connectivity index (χ0v) is 12.3. The molecule has 108 valence electrons. The summed E-state index contributed by atoms with van der Waals surface area (Å²) >= 11 is 5.84. The van der Waals surface area contributed by atoms with E-state index in [4.69, 9.17) is 16.3 Å². The molecule has 0 radical (unpaired) electrons. The fourth-order valence-electron chi connectivity index (χ4n) is 1.64. The fourth-order valence-corrected chi connectivity index (χ4v) is 2.81. The van der Waals surface area contributed by atoms with Crippen LogP contribution in [0.2, 0.25) is 0 Å². The van der Waals surface area contributed by atoms with Gasteiger partial charge in [0.05, 0.1) is 18.7 Å². The quantitative estimate of drug-likeness (QED) is 0.801. The molecule has 2 rings (SSSR count). The molecule has 8 heteroatoms. The van der Waals surface area contributed by atoms with E-state index < -0.39 is 10.0 Å². The molecule has 0 spiro atoms. The largest absolute Gasteiger partial charge is 0.494 e. The molecule has 0 fully saturated rings. The Balaban J connectivity index is 2.26. The normalized spacial score (nSPS) is 11.3. The number of halogens is 1. The maximum atomic E-state index is 12.0. The van der Waals surface area contributed by atoms with E-state index in [0.29, 0.717) is 18.0 Å². The first-order valence-electron chi connectivity index (χ1n) is 5.90. The lowest BCUT2D eigenvalue weighted by Gasteiger charge is -2.11. The molecule has 0 atom stereocenters. The van der Waals surface area contributed by atoms with Crippen LogP contribution in [-0.4, -0.2) is 25.2 Å². The summed E-state index contributed by atoms with van der Waals surface area (Å²) in [4.78, 5) is 0.0683. The number of nitrogens with zero attached hydrogens (tertiary/aromatic N) is 1. The van der Waals surface area contributed by atoms with Gasteiger partial charge in [-0.15, -0.1) is 11.6 Å². The average molecular weight is 316 g/mol. The van der Waals surface area contributed by atoms with E-state index in [2.05, 4.69) is 14.9 Å². The van der Waals surface area contributed by atoms with Crippen molar-refractivity contribution in [3.8, 4) is 5.75 Å². The summed E-state index contributed by atoms with van der Waals surface area (Å²) in [5.74, 6) is 0.880. The zero-order valence-electron chi connectivity index (χ0n) is 10.8. The predicted octanol–water partition coefficient (Wildman–Crippen LogP) is 2.35. The van der Waals surface area contributed by atoms with Crippen LogP contribution in [0.3, 0.4) is 0 Å². The zero-order chi connectivity index (χ0) is 14.6. The van der Waals surface area contributed by atoms with Gasteiger partial charge in [0.25, 0.3) is 10.0 Å². The number of aromatic amines is 1. The molecule has 0 aliphatic carbocycles. The number of aromatic nitrogens is 2. The molecular formula is C12H14ClN3O3S. The lowest BCUT2D eigenvalue weighted by molar-refractivity contribution is 0.337. The monoisotopic (exact) mass is 315 g/mol. The third-order valence-corrected chi connectivity index (χ3v) is 4.18. The van der Waals surface area contributed by atoms with Crippen LogP contribution in [0, 0.1) is 0 Å². The van der Waals surface area contributed by atoms with Crippen molar-refractivity contribution in [2.24, 2.45) is 0 Å². The minimum absolute atomic E-state index is 0.0683. The Hall–Kier alpha value is -1.73. The standard InChI is InChI=1S/C12H14ClN3O3S/c1-2-19-12-4-3-10(5-9(12)6-13)16-20(17,18)11-7-14-15-8-11/h3-5,7-8,16H,2,6H2,1H3,(H,14,15). The summed E-state index contributed by atoms with van der Waals surface area (Å²) in [5, 5.41) is 6.08. The molecule has 1 aromatic heterocycles. The fraction of sp³-hybridized carbons (Fsp3) is 0.250. The Morgan fingerprint density at radius 1 is 1.45 bits per heavy atom. The van der Waals surface area contributed by atoms with E-state index in [0.717, 1.165) is 5.56 Å². The van der Waals surface area contributed by atoms with Gasteiger partial charge < -0.3 is 4.74 Å². The molecule has 2 N–H and O–H groups in total. The Morgan fingerprint density at radius 2 is 2.25 bits per heavy atom. The minimum atomic E-state index is -3.65. The van der Waals surface area contributed by atoms with Gasteiger partial charge in [0, 0.05) is 17.4 Å². The van der Waals surface area contributed by atoms with E-state index >= 15 is 0 Å². The Morgan fingerprint density at radius 3 is 2.85 bits per heavy atom. The number of H-pyrrole nitrogens is 1. The average Bonchev–Trinajstić information content (AvgIpc) is 2.95. The molecule has 20 heavy (non-hydrogen) atoms. The van der Waals surface area contributed by atoms with Gasteiger partial charge in [0.2, 0.25) is 0 Å².